The van der Waals surface area contributed by atoms with E-state index < -0.39 is 5.97 Å². The second-order valence-electron chi connectivity index (χ2n) is 4.05. The van der Waals surface area contributed by atoms with Gasteiger partial charge in [0, 0.05) is 24.7 Å². The summed E-state index contributed by atoms with van der Waals surface area (Å²) in [4.78, 5) is 19.3. The van der Waals surface area contributed by atoms with E-state index in [0.717, 1.165) is 5.69 Å². The zero-order valence-corrected chi connectivity index (χ0v) is 10.3. The molecule has 3 heterocycles. The Kier molecular flexibility index (Phi) is 2.96. The Balaban J connectivity index is 2.20. The van der Waals surface area contributed by atoms with Gasteiger partial charge in [-0.15, -0.1) is 0 Å². The molecule has 20 heavy (non-hydrogen) atoms. The molecule has 0 radical (unpaired) electrons. The zero-order chi connectivity index (χ0) is 13.9. The molecule has 0 atom stereocenters. The van der Waals surface area contributed by atoms with E-state index in [0.29, 0.717) is 11.4 Å². The number of aromatic carboxylic acids is 1. The SMILES string of the molecule is O=C(O)c1cc(-c2ccccn2)n(-c2ccncc2)n1. The van der Waals surface area contributed by atoms with Crippen molar-refractivity contribution in [1.29, 1.82) is 0 Å². The van der Waals surface area contributed by atoms with Gasteiger partial charge in [0.05, 0.1) is 17.1 Å². The lowest BCUT2D eigenvalue weighted by molar-refractivity contribution is 0.0690. The second kappa shape index (κ2) is 4.93. The van der Waals surface area contributed by atoms with E-state index in [1.165, 1.54) is 6.07 Å². The molecule has 0 aliphatic heterocycles. The first-order valence-corrected chi connectivity index (χ1v) is 5.91. The van der Waals surface area contributed by atoms with E-state index in [1.54, 1.807) is 47.5 Å². The monoisotopic (exact) mass is 266 g/mol. The third kappa shape index (κ3) is 2.14. The van der Waals surface area contributed by atoms with Crippen molar-refractivity contribution < 1.29 is 9.90 Å². The lowest BCUT2D eigenvalue weighted by atomic mass is 10.2. The molecule has 0 saturated heterocycles. The van der Waals surface area contributed by atoms with E-state index in [1.807, 2.05) is 6.07 Å². The van der Waals surface area contributed by atoms with E-state index in [4.69, 9.17) is 5.11 Å². The average Bonchev–Trinajstić information content (AvgIpc) is 2.94. The van der Waals surface area contributed by atoms with Crippen LogP contribution in [-0.2, 0) is 0 Å². The largest absolute Gasteiger partial charge is 0.476 e. The molecule has 0 aliphatic carbocycles. The summed E-state index contributed by atoms with van der Waals surface area (Å²) < 4.78 is 1.55. The summed E-state index contributed by atoms with van der Waals surface area (Å²) in [5.41, 5.74) is 1.98. The maximum Gasteiger partial charge on any atom is 0.356 e. The number of carboxylic acids is 1. The fraction of sp³-hybridized carbons (Fsp3) is 0. The predicted octanol–water partition coefficient (Wildman–Crippen LogP) is 2.03. The molecule has 0 aromatic carbocycles. The average molecular weight is 266 g/mol. The first-order chi connectivity index (χ1) is 9.75. The Labute approximate surface area is 114 Å². The van der Waals surface area contributed by atoms with Crippen LogP contribution < -0.4 is 0 Å². The summed E-state index contributed by atoms with van der Waals surface area (Å²) >= 11 is 0. The summed E-state index contributed by atoms with van der Waals surface area (Å²) in [6.45, 7) is 0. The maximum absolute atomic E-state index is 11.1. The summed E-state index contributed by atoms with van der Waals surface area (Å²) in [5, 5.41) is 13.2. The zero-order valence-electron chi connectivity index (χ0n) is 10.3. The van der Waals surface area contributed by atoms with Crippen molar-refractivity contribution in [3.8, 4) is 17.1 Å². The first-order valence-electron chi connectivity index (χ1n) is 5.91. The first kappa shape index (κ1) is 12.0. The highest BCUT2D eigenvalue weighted by atomic mass is 16.4. The van der Waals surface area contributed by atoms with Gasteiger partial charge in [-0.25, -0.2) is 9.48 Å². The van der Waals surface area contributed by atoms with Gasteiger partial charge in [-0.2, -0.15) is 5.10 Å². The van der Waals surface area contributed by atoms with Crippen LogP contribution in [0.1, 0.15) is 10.5 Å². The van der Waals surface area contributed by atoms with Crippen LogP contribution >= 0.6 is 0 Å². The van der Waals surface area contributed by atoms with Crippen molar-refractivity contribution in [2.45, 2.75) is 0 Å². The molecule has 3 rings (SSSR count). The minimum atomic E-state index is -1.07. The fourth-order valence-electron chi connectivity index (χ4n) is 1.86. The number of rotatable bonds is 3. The Hall–Kier alpha value is -3.02. The van der Waals surface area contributed by atoms with E-state index in [2.05, 4.69) is 15.1 Å². The summed E-state index contributed by atoms with van der Waals surface area (Å²) in [5.74, 6) is -1.07. The molecule has 0 saturated carbocycles. The Bertz CT molecular complexity index is 681. The third-order valence-corrected chi connectivity index (χ3v) is 2.76. The van der Waals surface area contributed by atoms with Gasteiger partial charge in [-0.1, -0.05) is 6.07 Å². The highest BCUT2D eigenvalue weighted by Crippen LogP contribution is 2.21. The predicted molar refractivity (Wildman–Crippen MR) is 71.5 cm³/mol. The van der Waals surface area contributed by atoms with Crippen LogP contribution in [0, 0.1) is 0 Å². The van der Waals surface area contributed by atoms with Crippen LogP contribution in [0.5, 0.6) is 0 Å². The molecule has 0 amide bonds. The quantitative estimate of drug-likeness (QED) is 0.784. The van der Waals surface area contributed by atoms with Crippen LogP contribution in [0.2, 0.25) is 0 Å². The van der Waals surface area contributed by atoms with Crippen molar-refractivity contribution in [2.75, 3.05) is 0 Å². The van der Waals surface area contributed by atoms with Gasteiger partial charge in [0.15, 0.2) is 5.69 Å². The van der Waals surface area contributed by atoms with Crippen molar-refractivity contribution in [3.05, 3.63) is 60.7 Å². The second-order valence-corrected chi connectivity index (χ2v) is 4.05. The maximum atomic E-state index is 11.1. The third-order valence-electron chi connectivity index (χ3n) is 2.76. The summed E-state index contributed by atoms with van der Waals surface area (Å²) in [7, 11) is 0. The molecule has 0 bridgehead atoms. The van der Waals surface area contributed by atoms with Gasteiger partial charge in [0.1, 0.15) is 0 Å². The molecular formula is C14H10N4O2. The Morgan fingerprint density at radius 2 is 1.90 bits per heavy atom. The van der Waals surface area contributed by atoms with E-state index in [-0.39, 0.29) is 5.69 Å². The Morgan fingerprint density at radius 1 is 1.10 bits per heavy atom. The van der Waals surface area contributed by atoms with Crippen LogP contribution in [0.15, 0.2) is 55.0 Å². The van der Waals surface area contributed by atoms with Crippen molar-refractivity contribution in [1.82, 2.24) is 19.7 Å². The minimum Gasteiger partial charge on any atom is -0.476 e. The lowest BCUT2D eigenvalue weighted by Crippen LogP contribution is -2.02. The van der Waals surface area contributed by atoms with Crippen molar-refractivity contribution in [2.24, 2.45) is 0 Å². The highest BCUT2D eigenvalue weighted by Gasteiger charge is 2.16. The lowest BCUT2D eigenvalue weighted by Gasteiger charge is -2.05. The van der Waals surface area contributed by atoms with Crippen LogP contribution in [0.4, 0.5) is 0 Å². The number of nitrogens with zero attached hydrogens (tertiary/aromatic N) is 4. The number of carboxylic acid groups (broad SMARTS) is 1. The molecule has 3 aromatic heterocycles. The molecule has 0 fully saturated rings. The molecular weight excluding hydrogens is 256 g/mol. The molecule has 98 valence electrons. The summed E-state index contributed by atoms with van der Waals surface area (Å²) in [6, 6.07) is 10.5. The number of aromatic nitrogens is 4. The molecule has 6 heteroatoms. The van der Waals surface area contributed by atoms with Crippen LogP contribution in [-0.4, -0.2) is 30.8 Å². The van der Waals surface area contributed by atoms with Crippen LogP contribution in [0.3, 0.4) is 0 Å². The standard InChI is InChI=1S/C14H10N4O2/c19-14(20)12-9-13(11-3-1-2-6-16-11)18(17-12)10-4-7-15-8-5-10/h1-9H,(H,19,20). The number of hydrogen-bond acceptors (Lipinski definition) is 4. The van der Waals surface area contributed by atoms with E-state index in [9.17, 15) is 4.79 Å². The highest BCUT2D eigenvalue weighted by molar-refractivity contribution is 5.87. The van der Waals surface area contributed by atoms with Gasteiger partial charge in [0.2, 0.25) is 0 Å². The smallest absolute Gasteiger partial charge is 0.356 e. The number of pyridine rings is 2. The summed E-state index contributed by atoms with van der Waals surface area (Å²) in [6.07, 6.45) is 4.90. The molecule has 0 spiro atoms. The number of carbonyl (C=O) groups is 1. The van der Waals surface area contributed by atoms with Gasteiger partial charge >= 0.3 is 5.97 Å². The topological polar surface area (TPSA) is 80.9 Å². The van der Waals surface area contributed by atoms with Gasteiger partial charge in [0.25, 0.3) is 0 Å². The molecule has 1 N–H and O–H groups in total. The Morgan fingerprint density at radius 3 is 2.55 bits per heavy atom. The van der Waals surface area contributed by atoms with Gasteiger partial charge < -0.3 is 5.11 Å². The van der Waals surface area contributed by atoms with Crippen molar-refractivity contribution in [3.63, 3.8) is 0 Å². The number of hydrogen-bond donors (Lipinski definition) is 1. The molecule has 3 aromatic rings. The van der Waals surface area contributed by atoms with Crippen LogP contribution in [0.25, 0.3) is 17.1 Å². The molecule has 0 aliphatic rings. The van der Waals surface area contributed by atoms with Crippen molar-refractivity contribution >= 4 is 5.97 Å². The molecule has 0 unspecified atom stereocenters. The van der Waals surface area contributed by atoms with Gasteiger partial charge in [-0.05, 0) is 24.3 Å². The van der Waals surface area contributed by atoms with Gasteiger partial charge in [-0.3, -0.25) is 9.97 Å². The minimum absolute atomic E-state index is 0.0255. The normalized spacial score (nSPS) is 10.4. The molecule has 6 nitrogen and oxygen atoms in total. The van der Waals surface area contributed by atoms with E-state index >= 15 is 0 Å². The fourth-order valence-corrected chi connectivity index (χ4v) is 1.86.